The highest BCUT2D eigenvalue weighted by Gasteiger charge is 2.19. The second-order valence-corrected chi connectivity index (χ2v) is 6.74. The summed E-state index contributed by atoms with van der Waals surface area (Å²) >= 11 is 0. The number of carbonyl (C=O) groups is 1. The van der Waals surface area contributed by atoms with Gasteiger partial charge < -0.3 is 14.8 Å². The first-order valence-corrected chi connectivity index (χ1v) is 9.21. The predicted molar refractivity (Wildman–Crippen MR) is 98.7 cm³/mol. The Balaban J connectivity index is 1.87. The lowest BCUT2D eigenvalue weighted by molar-refractivity contribution is -0.385. The van der Waals surface area contributed by atoms with Gasteiger partial charge in [0.1, 0.15) is 0 Å². The van der Waals surface area contributed by atoms with Crippen molar-refractivity contribution >= 4 is 11.6 Å². The van der Waals surface area contributed by atoms with Crippen molar-refractivity contribution < 1.29 is 19.2 Å². The Morgan fingerprint density at radius 2 is 1.85 bits per heavy atom. The van der Waals surface area contributed by atoms with Crippen LogP contribution >= 0.6 is 0 Å². The molecule has 7 nitrogen and oxygen atoms in total. The number of amides is 1. The zero-order valence-electron chi connectivity index (χ0n) is 15.6. The number of nitrogens with one attached hydrogen (secondary N) is 1. The number of nitrogens with zero attached hydrogens (tertiary/aromatic N) is 1. The molecule has 1 amide bonds. The van der Waals surface area contributed by atoms with E-state index >= 15 is 0 Å². The molecule has 0 spiro atoms. The van der Waals surface area contributed by atoms with Gasteiger partial charge in [0.05, 0.1) is 25.2 Å². The summed E-state index contributed by atoms with van der Waals surface area (Å²) in [5.41, 5.74) is 0.485. The third-order valence-corrected chi connectivity index (χ3v) is 5.00. The maximum Gasteiger partial charge on any atom is 0.276 e. The molecule has 1 aromatic carbocycles. The van der Waals surface area contributed by atoms with Crippen LogP contribution in [0, 0.1) is 16.0 Å². The minimum absolute atomic E-state index is 0.0127. The molecule has 0 unspecified atom stereocenters. The molecule has 1 aliphatic carbocycles. The number of hydrogen-bond donors (Lipinski definition) is 1. The molecule has 0 saturated heterocycles. The SMILES string of the molecule is COc1cc(CCNC(=O)CCC2CCCCC2)c([N+](=O)[O-])cc1OC. The lowest BCUT2D eigenvalue weighted by Gasteiger charge is -2.21. The summed E-state index contributed by atoms with van der Waals surface area (Å²) in [6.45, 7) is 0.361. The van der Waals surface area contributed by atoms with Crippen molar-refractivity contribution in [2.45, 2.75) is 51.4 Å². The normalized spacial score (nSPS) is 14.7. The Morgan fingerprint density at radius 3 is 2.46 bits per heavy atom. The summed E-state index contributed by atoms with van der Waals surface area (Å²) in [6.07, 6.45) is 8.14. The van der Waals surface area contributed by atoms with Crippen molar-refractivity contribution in [1.82, 2.24) is 5.32 Å². The number of ether oxygens (including phenoxy) is 2. The van der Waals surface area contributed by atoms with Crippen LogP contribution < -0.4 is 14.8 Å². The van der Waals surface area contributed by atoms with Gasteiger partial charge in [0, 0.05) is 18.5 Å². The number of hydrogen-bond acceptors (Lipinski definition) is 5. The third kappa shape index (κ3) is 5.61. The molecular weight excluding hydrogens is 336 g/mol. The topological polar surface area (TPSA) is 90.7 Å². The molecule has 0 heterocycles. The Kier molecular flexibility index (Phi) is 7.69. The summed E-state index contributed by atoms with van der Waals surface area (Å²) in [6, 6.07) is 2.96. The van der Waals surface area contributed by atoms with E-state index in [-0.39, 0.29) is 11.6 Å². The molecule has 0 aliphatic heterocycles. The molecule has 1 aromatic rings. The van der Waals surface area contributed by atoms with Crippen LogP contribution in [-0.4, -0.2) is 31.6 Å². The summed E-state index contributed by atoms with van der Waals surface area (Å²) in [4.78, 5) is 22.9. The minimum Gasteiger partial charge on any atom is -0.493 e. The quantitative estimate of drug-likeness (QED) is 0.534. The van der Waals surface area contributed by atoms with Gasteiger partial charge in [-0.1, -0.05) is 32.1 Å². The fourth-order valence-electron chi connectivity index (χ4n) is 3.52. The van der Waals surface area contributed by atoms with Gasteiger partial charge in [-0.3, -0.25) is 14.9 Å². The van der Waals surface area contributed by atoms with Gasteiger partial charge in [-0.05, 0) is 24.8 Å². The maximum atomic E-state index is 12.0. The average molecular weight is 364 g/mol. The Labute approximate surface area is 154 Å². The second kappa shape index (κ2) is 9.99. The Hall–Kier alpha value is -2.31. The van der Waals surface area contributed by atoms with E-state index < -0.39 is 4.92 Å². The number of methoxy groups -OCH3 is 2. The lowest BCUT2D eigenvalue weighted by atomic mass is 9.86. The van der Waals surface area contributed by atoms with E-state index in [1.807, 2.05) is 0 Å². The summed E-state index contributed by atoms with van der Waals surface area (Å²) < 4.78 is 10.3. The molecule has 1 fully saturated rings. The Bertz CT molecular complexity index is 627. The molecule has 144 valence electrons. The fourth-order valence-corrected chi connectivity index (χ4v) is 3.52. The number of benzene rings is 1. The molecule has 0 radical (unpaired) electrons. The van der Waals surface area contributed by atoms with E-state index in [9.17, 15) is 14.9 Å². The highest BCUT2D eigenvalue weighted by Crippen LogP contribution is 2.34. The molecule has 0 aromatic heterocycles. The van der Waals surface area contributed by atoms with Gasteiger partial charge in [-0.2, -0.15) is 0 Å². The predicted octanol–water partition coefficient (Wildman–Crippen LogP) is 3.63. The maximum absolute atomic E-state index is 12.0. The van der Waals surface area contributed by atoms with Gasteiger partial charge in [-0.25, -0.2) is 0 Å². The molecule has 1 saturated carbocycles. The molecule has 0 atom stereocenters. The van der Waals surface area contributed by atoms with Crippen LogP contribution in [-0.2, 0) is 11.2 Å². The number of carbonyl (C=O) groups excluding carboxylic acids is 1. The molecule has 2 rings (SSSR count). The minimum atomic E-state index is -0.442. The molecule has 0 bridgehead atoms. The van der Waals surface area contributed by atoms with E-state index in [1.54, 1.807) is 6.07 Å². The summed E-state index contributed by atoms with van der Waals surface area (Å²) in [5.74, 6) is 1.44. The van der Waals surface area contributed by atoms with Crippen LogP contribution in [0.4, 0.5) is 5.69 Å². The van der Waals surface area contributed by atoms with Crippen molar-refractivity contribution in [3.05, 3.63) is 27.8 Å². The fraction of sp³-hybridized carbons (Fsp3) is 0.632. The van der Waals surface area contributed by atoms with E-state index in [1.165, 1.54) is 52.4 Å². The lowest BCUT2D eigenvalue weighted by Crippen LogP contribution is -2.26. The summed E-state index contributed by atoms with van der Waals surface area (Å²) in [5, 5.41) is 14.2. The van der Waals surface area contributed by atoms with Crippen LogP contribution in [0.5, 0.6) is 11.5 Å². The first-order chi connectivity index (χ1) is 12.5. The highest BCUT2D eigenvalue weighted by atomic mass is 16.6. The van der Waals surface area contributed by atoms with Crippen LogP contribution in [0.25, 0.3) is 0 Å². The van der Waals surface area contributed by atoms with Gasteiger partial charge in [0.2, 0.25) is 5.91 Å². The van der Waals surface area contributed by atoms with Crippen molar-refractivity contribution in [1.29, 1.82) is 0 Å². The largest absolute Gasteiger partial charge is 0.493 e. The third-order valence-electron chi connectivity index (χ3n) is 5.00. The zero-order chi connectivity index (χ0) is 18.9. The van der Waals surface area contributed by atoms with E-state index in [0.29, 0.717) is 42.4 Å². The van der Waals surface area contributed by atoms with Crippen LogP contribution in [0.2, 0.25) is 0 Å². The molecular formula is C19H28N2O5. The smallest absolute Gasteiger partial charge is 0.276 e. The van der Waals surface area contributed by atoms with Crippen molar-refractivity contribution in [3.8, 4) is 11.5 Å². The van der Waals surface area contributed by atoms with Crippen molar-refractivity contribution in [2.75, 3.05) is 20.8 Å². The Morgan fingerprint density at radius 1 is 1.19 bits per heavy atom. The first-order valence-electron chi connectivity index (χ1n) is 9.21. The van der Waals surface area contributed by atoms with Crippen LogP contribution in [0.15, 0.2) is 12.1 Å². The van der Waals surface area contributed by atoms with Gasteiger partial charge in [0.25, 0.3) is 5.69 Å². The van der Waals surface area contributed by atoms with Crippen LogP contribution in [0.3, 0.4) is 0 Å². The average Bonchev–Trinajstić information content (AvgIpc) is 2.66. The van der Waals surface area contributed by atoms with Crippen LogP contribution in [0.1, 0.15) is 50.5 Å². The zero-order valence-corrected chi connectivity index (χ0v) is 15.6. The molecule has 7 heteroatoms. The number of nitro groups is 1. The van der Waals surface area contributed by atoms with E-state index in [0.717, 1.165) is 6.42 Å². The summed E-state index contributed by atoms with van der Waals surface area (Å²) in [7, 11) is 2.92. The standard InChI is InChI=1S/C19H28N2O5/c1-25-17-12-15(16(21(23)24)13-18(17)26-2)10-11-20-19(22)9-8-14-6-4-3-5-7-14/h12-14H,3-11H2,1-2H3,(H,20,22). The van der Waals surface area contributed by atoms with Crippen molar-refractivity contribution in [2.24, 2.45) is 5.92 Å². The highest BCUT2D eigenvalue weighted by molar-refractivity contribution is 5.75. The second-order valence-electron chi connectivity index (χ2n) is 6.74. The molecule has 1 aliphatic rings. The van der Waals surface area contributed by atoms with Gasteiger partial charge >= 0.3 is 0 Å². The number of rotatable bonds is 9. The first kappa shape index (κ1) is 20.0. The number of nitro benzene ring substituents is 1. The van der Waals surface area contributed by atoms with Crippen molar-refractivity contribution in [3.63, 3.8) is 0 Å². The van der Waals surface area contributed by atoms with E-state index in [4.69, 9.17) is 9.47 Å². The molecule has 1 N–H and O–H groups in total. The molecule has 26 heavy (non-hydrogen) atoms. The monoisotopic (exact) mass is 364 g/mol. The van der Waals surface area contributed by atoms with E-state index in [2.05, 4.69) is 5.32 Å². The van der Waals surface area contributed by atoms with Gasteiger partial charge in [-0.15, -0.1) is 0 Å². The van der Waals surface area contributed by atoms with Gasteiger partial charge in [0.15, 0.2) is 11.5 Å².